The minimum Gasteiger partial charge on any atom is -0.494 e. The van der Waals surface area contributed by atoms with Gasteiger partial charge in [0, 0.05) is 17.8 Å². The maximum Gasteiger partial charge on any atom is 0.328 e. The number of aromatic nitrogens is 2. The Morgan fingerprint density at radius 2 is 2.14 bits per heavy atom. The number of aromatic amines is 1. The number of aliphatic hydroxyl groups is 1. The van der Waals surface area contributed by atoms with Gasteiger partial charge in [0.05, 0.1) is 24.8 Å². The molecule has 1 fully saturated rings. The standard InChI is InChI=1S/C20H26N4O5/c21-9-3-11-29-14-5-1-4-13(12-14)19(27)22-15-6-2-7-16(18(15)26)24-10-8-17(25)23-20(24)28/h1,4-5,8,10,12,15-16,18,26H,2-3,6-7,9,11,21H2,(H,22,27)(H,23,25,28)/t15-,16-,18-/m0/s1. The first kappa shape index (κ1) is 20.8. The molecule has 3 atom stereocenters. The molecular formula is C20H26N4O5. The fourth-order valence-corrected chi connectivity index (χ4v) is 3.56. The minimum atomic E-state index is -0.958. The smallest absolute Gasteiger partial charge is 0.328 e. The van der Waals surface area contributed by atoms with E-state index in [4.69, 9.17) is 10.5 Å². The lowest BCUT2D eigenvalue weighted by Crippen LogP contribution is -2.51. The first-order chi connectivity index (χ1) is 14.0. The molecule has 0 unspecified atom stereocenters. The van der Waals surface area contributed by atoms with Gasteiger partial charge in [-0.3, -0.25) is 19.1 Å². The second kappa shape index (κ2) is 9.53. The molecule has 1 saturated carbocycles. The molecule has 29 heavy (non-hydrogen) atoms. The van der Waals surface area contributed by atoms with Gasteiger partial charge in [0.1, 0.15) is 5.75 Å². The highest BCUT2D eigenvalue weighted by atomic mass is 16.5. The normalized spacial score (nSPS) is 21.5. The van der Waals surface area contributed by atoms with Gasteiger partial charge in [-0.25, -0.2) is 4.79 Å². The molecule has 1 heterocycles. The second-order valence-corrected chi connectivity index (χ2v) is 7.10. The second-order valence-electron chi connectivity index (χ2n) is 7.10. The molecule has 1 aliphatic rings. The summed E-state index contributed by atoms with van der Waals surface area (Å²) in [6, 6.07) is 7.02. The SMILES string of the molecule is NCCCOc1cccc(C(=O)N[C@H]2CCC[C@H](n3ccc(=O)[nH]c3=O)[C@H]2O)c1. The predicted octanol–water partition coefficient (Wildman–Crippen LogP) is 0.149. The number of rotatable bonds is 7. The first-order valence-electron chi connectivity index (χ1n) is 9.73. The quantitative estimate of drug-likeness (QED) is 0.486. The Morgan fingerprint density at radius 3 is 2.90 bits per heavy atom. The third kappa shape index (κ3) is 5.12. The van der Waals surface area contributed by atoms with Crippen LogP contribution in [0.5, 0.6) is 5.75 Å². The van der Waals surface area contributed by atoms with Crippen LogP contribution in [0.4, 0.5) is 0 Å². The van der Waals surface area contributed by atoms with Crippen LogP contribution in [-0.2, 0) is 0 Å². The van der Waals surface area contributed by atoms with Gasteiger partial charge in [-0.05, 0) is 50.4 Å². The van der Waals surface area contributed by atoms with E-state index in [-0.39, 0.29) is 5.91 Å². The molecule has 9 heteroatoms. The number of amides is 1. The fourth-order valence-electron chi connectivity index (χ4n) is 3.56. The van der Waals surface area contributed by atoms with Gasteiger partial charge in [-0.1, -0.05) is 6.07 Å². The van der Waals surface area contributed by atoms with Crippen LogP contribution in [0.2, 0.25) is 0 Å². The number of carbonyl (C=O) groups excluding carboxylic acids is 1. The Bertz CT molecular complexity index is 954. The average Bonchev–Trinajstić information content (AvgIpc) is 2.70. The zero-order chi connectivity index (χ0) is 20.8. The number of carbonyl (C=O) groups is 1. The van der Waals surface area contributed by atoms with Crippen LogP contribution in [0, 0.1) is 0 Å². The summed E-state index contributed by atoms with van der Waals surface area (Å²) in [6.45, 7) is 0.998. The topological polar surface area (TPSA) is 139 Å². The van der Waals surface area contributed by atoms with Gasteiger partial charge >= 0.3 is 5.69 Å². The molecule has 1 amide bonds. The van der Waals surface area contributed by atoms with Crippen molar-refractivity contribution in [3.8, 4) is 5.75 Å². The Hall–Kier alpha value is -2.91. The summed E-state index contributed by atoms with van der Waals surface area (Å²) in [5, 5.41) is 13.6. The summed E-state index contributed by atoms with van der Waals surface area (Å²) < 4.78 is 6.89. The average molecular weight is 402 g/mol. The van der Waals surface area contributed by atoms with E-state index >= 15 is 0 Å². The number of hydrogen-bond donors (Lipinski definition) is 4. The molecule has 5 N–H and O–H groups in total. The van der Waals surface area contributed by atoms with E-state index in [9.17, 15) is 19.5 Å². The van der Waals surface area contributed by atoms with Crippen molar-refractivity contribution in [2.24, 2.45) is 5.73 Å². The molecule has 1 aromatic heterocycles. The van der Waals surface area contributed by atoms with Crippen LogP contribution < -0.4 is 27.0 Å². The van der Waals surface area contributed by atoms with Crippen LogP contribution in [0.1, 0.15) is 42.1 Å². The number of ether oxygens (including phenoxy) is 1. The van der Waals surface area contributed by atoms with Gasteiger partial charge in [-0.15, -0.1) is 0 Å². The summed E-state index contributed by atoms with van der Waals surface area (Å²) in [4.78, 5) is 38.2. The lowest BCUT2D eigenvalue weighted by Gasteiger charge is -2.36. The third-order valence-electron chi connectivity index (χ3n) is 5.06. The van der Waals surface area contributed by atoms with E-state index in [0.29, 0.717) is 37.3 Å². The summed E-state index contributed by atoms with van der Waals surface area (Å²) in [7, 11) is 0. The summed E-state index contributed by atoms with van der Waals surface area (Å²) in [5.41, 5.74) is 4.81. The van der Waals surface area contributed by atoms with Crippen LogP contribution in [0.15, 0.2) is 46.1 Å². The van der Waals surface area contributed by atoms with Gasteiger partial charge in [0.2, 0.25) is 0 Å². The van der Waals surface area contributed by atoms with Crippen LogP contribution >= 0.6 is 0 Å². The molecule has 9 nitrogen and oxygen atoms in total. The van der Waals surface area contributed by atoms with Crippen LogP contribution in [0.3, 0.4) is 0 Å². The number of nitrogens with two attached hydrogens (primary N) is 1. The molecule has 1 aromatic carbocycles. The molecule has 0 spiro atoms. The van der Waals surface area contributed by atoms with Crippen molar-refractivity contribution in [3.63, 3.8) is 0 Å². The van der Waals surface area contributed by atoms with Crippen molar-refractivity contribution >= 4 is 5.91 Å². The number of aliphatic hydroxyl groups excluding tert-OH is 1. The van der Waals surface area contributed by atoms with Crippen molar-refractivity contribution in [3.05, 3.63) is 62.9 Å². The monoisotopic (exact) mass is 402 g/mol. The maximum atomic E-state index is 12.7. The van der Waals surface area contributed by atoms with E-state index in [1.807, 2.05) is 0 Å². The Morgan fingerprint density at radius 1 is 1.31 bits per heavy atom. The highest BCUT2D eigenvalue weighted by Crippen LogP contribution is 2.28. The summed E-state index contributed by atoms with van der Waals surface area (Å²) >= 11 is 0. The number of hydrogen-bond acceptors (Lipinski definition) is 6. The molecule has 3 rings (SSSR count). The van der Waals surface area contributed by atoms with Gasteiger partial charge in [-0.2, -0.15) is 0 Å². The number of nitrogens with zero attached hydrogens (tertiary/aromatic N) is 1. The predicted molar refractivity (Wildman–Crippen MR) is 107 cm³/mol. The summed E-state index contributed by atoms with van der Waals surface area (Å²) in [6.07, 6.45) is 3.02. The fraction of sp³-hybridized carbons (Fsp3) is 0.450. The number of nitrogens with one attached hydrogen (secondary N) is 2. The van der Waals surface area contributed by atoms with Gasteiger partial charge in [0.25, 0.3) is 11.5 Å². The Labute approximate surface area is 167 Å². The Balaban J connectivity index is 1.69. The highest BCUT2D eigenvalue weighted by molar-refractivity contribution is 5.94. The molecule has 2 aromatic rings. The molecule has 0 saturated heterocycles. The van der Waals surface area contributed by atoms with E-state index < -0.39 is 29.4 Å². The third-order valence-corrected chi connectivity index (χ3v) is 5.06. The molecule has 0 bridgehead atoms. The van der Waals surface area contributed by atoms with E-state index in [1.165, 1.54) is 16.8 Å². The van der Waals surface area contributed by atoms with Crippen LogP contribution in [0.25, 0.3) is 0 Å². The van der Waals surface area contributed by atoms with Crippen molar-refractivity contribution in [1.29, 1.82) is 0 Å². The minimum absolute atomic E-state index is 0.326. The molecule has 156 valence electrons. The van der Waals surface area contributed by atoms with E-state index in [1.54, 1.807) is 24.3 Å². The van der Waals surface area contributed by atoms with Crippen LogP contribution in [-0.4, -0.2) is 45.9 Å². The van der Waals surface area contributed by atoms with Crippen molar-refractivity contribution in [1.82, 2.24) is 14.9 Å². The maximum absolute atomic E-state index is 12.7. The van der Waals surface area contributed by atoms with Crippen molar-refractivity contribution < 1.29 is 14.6 Å². The van der Waals surface area contributed by atoms with Crippen molar-refractivity contribution in [2.75, 3.05) is 13.2 Å². The summed E-state index contributed by atoms with van der Waals surface area (Å²) in [5.74, 6) is 0.251. The largest absolute Gasteiger partial charge is 0.494 e. The molecule has 0 radical (unpaired) electrons. The van der Waals surface area contributed by atoms with Crippen molar-refractivity contribution in [2.45, 2.75) is 43.9 Å². The van der Waals surface area contributed by atoms with E-state index in [2.05, 4.69) is 10.3 Å². The zero-order valence-corrected chi connectivity index (χ0v) is 16.0. The van der Waals surface area contributed by atoms with E-state index in [0.717, 1.165) is 12.8 Å². The number of H-pyrrole nitrogens is 1. The number of benzene rings is 1. The Kier molecular flexibility index (Phi) is 6.84. The lowest BCUT2D eigenvalue weighted by molar-refractivity contribution is 0.0382. The van der Waals surface area contributed by atoms with Gasteiger partial charge < -0.3 is 20.9 Å². The molecule has 1 aliphatic carbocycles. The highest BCUT2D eigenvalue weighted by Gasteiger charge is 2.34. The molecule has 0 aliphatic heterocycles. The lowest BCUT2D eigenvalue weighted by atomic mass is 9.87. The zero-order valence-electron chi connectivity index (χ0n) is 16.0. The van der Waals surface area contributed by atoms with Gasteiger partial charge in [0.15, 0.2) is 0 Å². The molecular weight excluding hydrogens is 376 g/mol. The first-order valence-corrected chi connectivity index (χ1v) is 9.73.